The van der Waals surface area contributed by atoms with E-state index in [4.69, 9.17) is 90.0 Å². The highest BCUT2D eigenvalue weighted by molar-refractivity contribution is 5.74. The molecule has 0 aromatic carbocycles. The molecule has 4 amide bonds. The fourth-order valence-corrected chi connectivity index (χ4v) is 15.8. The van der Waals surface area contributed by atoms with Crippen molar-refractivity contribution in [2.45, 2.75) is 341 Å². The molecule has 10 fully saturated rings. The molecule has 31 N–H and O–H groups in total. The van der Waals surface area contributed by atoms with Crippen LogP contribution in [0.5, 0.6) is 0 Å². The van der Waals surface area contributed by atoms with Crippen molar-refractivity contribution in [3.63, 3.8) is 0 Å². The predicted molar refractivity (Wildman–Crippen MR) is 375 cm³/mol. The molecule has 0 spiro atoms. The van der Waals surface area contributed by atoms with Crippen LogP contribution in [0, 0.1) is 0 Å². The molecule has 10 heterocycles. The second-order valence-corrected chi connectivity index (χ2v) is 31.0. The van der Waals surface area contributed by atoms with E-state index >= 15 is 0 Å². The van der Waals surface area contributed by atoms with Crippen molar-refractivity contribution >= 4 is 23.6 Å². The number of carbonyl (C=O) groups excluding carboxylic acids is 4. The van der Waals surface area contributed by atoms with Gasteiger partial charge in [-0.2, -0.15) is 0 Å². The minimum absolute atomic E-state index is 0.846. The van der Waals surface area contributed by atoms with Gasteiger partial charge in [0.1, 0.15) is 238 Å². The third-order valence-corrected chi connectivity index (χ3v) is 22.4. The molecule has 10 saturated heterocycles. The van der Waals surface area contributed by atoms with Crippen LogP contribution in [0.25, 0.3) is 0 Å². The van der Waals surface area contributed by atoms with Crippen LogP contribution < -0.4 is 21.3 Å². The van der Waals surface area contributed by atoms with Gasteiger partial charge in [0, 0.05) is 27.7 Å². The van der Waals surface area contributed by atoms with Gasteiger partial charge in [0.15, 0.2) is 62.9 Å². The molecule has 0 saturated carbocycles. The zero-order valence-corrected chi connectivity index (χ0v) is 65.7. The van der Waals surface area contributed by atoms with Crippen LogP contribution in [0.1, 0.15) is 34.6 Å². The van der Waals surface area contributed by atoms with E-state index in [1.165, 1.54) is 6.92 Å². The molecule has 0 aromatic rings. The Kier molecular flexibility index (Phi) is 35.8. The largest absolute Gasteiger partial charge is 0.394 e. The zero-order valence-electron chi connectivity index (χ0n) is 65.7. The third-order valence-electron chi connectivity index (χ3n) is 22.4. The van der Waals surface area contributed by atoms with Gasteiger partial charge in [0.2, 0.25) is 23.6 Å². The van der Waals surface area contributed by atoms with Gasteiger partial charge in [-0.1, -0.05) is 0 Å². The number of ether oxygens (including phenoxy) is 19. The Morgan fingerprint density at radius 1 is 0.230 bits per heavy atom. The maximum absolute atomic E-state index is 13.3. The van der Waals surface area contributed by atoms with Crippen molar-refractivity contribution in [3.8, 4) is 0 Å². The molecule has 10 aliphatic rings. The maximum Gasteiger partial charge on any atom is 0.217 e. The molecular weight excluding hydrogens is 1670 g/mol. The molecule has 54 heteroatoms. The van der Waals surface area contributed by atoms with Crippen LogP contribution in [-0.4, -0.2) is 528 Å². The predicted octanol–water partition coefficient (Wildman–Crippen LogP) is -21.2. The molecule has 0 aromatic heterocycles. The molecule has 54 nitrogen and oxygen atoms in total. The van der Waals surface area contributed by atoms with Crippen LogP contribution >= 0.6 is 0 Å². The van der Waals surface area contributed by atoms with Crippen molar-refractivity contribution in [3.05, 3.63) is 0 Å². The summed E-state index contributed by atoms with van der Waals surface area (Å²) >= 11 is 0. The summed E-state index contributed by atoms with van der Waals surface area (Å²) in [6.45, 7) is -4.83. The van der Waals surface area contributed by atoms with Gasteiger partial charge < -0.3 is 249 Å². The molecule has 0 bridgehead atoms. The minimum Gasteiger partial charge on any atom is -0.394 e. The first kappa shape index (κ1) is 100. The van der Waals surface area contributed by atoms with Crippen LogP contribution in [-0.2, 0) is 109 Å². The molecular formula is C68H114N4O50. The van der Waals surface area contributed by atoms with Gasteiger partial charge in [-0.25, -0.2) is 0 Å². The molecule has 706 valence electrons. The molecule has 0 radical (unpaired) electrons. The summed E-state index contributed by atoms with van der Waals surface area (Å²) in [5, 5.41) is 310. The first-order chi connectivity index (χ1) is 57.7. The van der Waals surface area contributed by atoms with Crippen molar-refractivity contribution < 1.29 is 247 Å². The van der Waals surface area contributed by atoms with Crippen molar-refractivity contribution in [1.82, 2.24) is 21.3 Å². The van der Waals surface area contributed by atoms with Crippen molar-refractivity contribution in [2.75, 3.05) is 59.5 Å². The lowest BCUT2D eigenvalue weighted by Gasteiger charge is -2.51. The fraction of sp³-hybridized carbons (Fsp3) is 0.941. The highest BCUT2D eigenvalue weighted by atomic mass is 16.8. The van der Waals surface area contributed by atoms with Crippen molar-refractivity contribution in [1.29, 1.82) is 0 Å². The Morgan fingerprint density at radius 2 is 0.500 bits per heavy atom. The summed E-state index contributed by atoms with van der Waals surface area (Å²) in [5.74, 6) is -3.76. The summed E-state index contributed by atoms with van der Waals surface area (Å²) in [4.78, 5) is 51.6. The zero-order chi connectivity index (χ0) is 89.8. The lowest BCUT2D eigenvalue weighted by Crippen LogP contribution is -2.71. The Hall–Kier alpha value is -3.96. The molecule has 10 rings (SSSR count). The first-order valence-electron chi connectivity index (χ1n) is 39.0. The van der Waals surface area contributed by atoms with Crippen LogP contribution in [0.3, 0.4) is 0 Å². The van der Waals surface area contributed by atoms with E-state index in [9.17, 15) is 157 Å². The Bertz CT molecular complexity index is 3290. The molecule has 50 atom stereocenters. The summed E-state index contributed by atoms with van der Waals surface area (Å²) in [6, 6.07) is -7.69. The molecule has 0 aliphatic carbocycles. The maximum atomic E-state index is 13.3. The van der Waals surface area contributed by atoms with Crippen LogP contribution in [0.2, 0.25) is 0 Å². The first-order valence-corrected chi connectivity index (χ1v) is 39.0. The van der Waals surface area contributed by atoms with E-state index in [0.717, 1.165) is 27.7 Å². The average molecular weight is 1790 g/mol. The van der Waals surface area contributed by atoms with Gasteiger partial charge in [0.25, 0.3) is 0 Å². The summed E-state index contributed by atoms with van der Waals surface area (Å²) in [6.07, 6.45) is -95.2. The SMILES string of the molecule is CC(=O)N[C@@H]1[C@H](O[C@@H]2[C@@H](O[C@@H]3[C@@H](O)[C@H](CO[C@@H]4O[C@@H](CO)[C@H](O)[C@@H](O)[C@H]4O[C@H]4O[C@@H](CO)[C@H](O[C@@H]5O[C@H](CO)[C@H](O)[C@H](O)[C@H]5O)[C@@H](O)[C@@H]4NC(C)=O)O[C@H](O[C@H]4[C@H](O)[C@@H](NC(C)=O)[C@H](O[C@@H]5[C@@H](O)[C@H](NC(C)=O)[C@@H](O)O[C@H]5CO[C@H]5O[C@H](C)[C@H](O)[C@H](O)[C@H]5O)O[C@@H]4CO)[C@@H]3O)O[C@H](CO)[C@@H](O)[C@@H]2O)O[C@H](CO)[C@@H](O[C@H]2O[C@@H](CO)[C@@H](O)[C@@H](O)[C@@H]2O)[C@@H]1O. The van der Waals surface area contributed by atoms with Crippen LogP contribution in [0.15, 0.2) is 0 Å². The van der Waals surface area contributed by atoms with Gasteiger partial charge in [-0.05, 0) is 6.92 Å². The number of aliphatic hydroxyl groups excluding tert-OH is 27. The number of carbonyl (C=O) groups is 4. The standard InChI is InChI=1S/C68H114N4O50/c1-15-33(84)43(94)48(99)63(106-15)104-14-28-55(39(90)29(59(103)107-28)69-16(2)80)116-60-30(70-17(3)81)40(91)54(26(12-79)112-60)119-66-51(102)56(120-68-58(47(98)37(88)23(9-76)111-68)122-62-32(72-19(5)83)42(93)53(25(11-78)114-62)118-65-50(101)45(96)35(86)21(7-74)109-65)38(89)27(115-66)13-105-67-57(46(97)36(87)22(8-75)110-67)121-61-31(71-18(4)82)41(92)52(24(10-77)113-61)117-64-49(100)44(95)34(85)20(6-73)108-64/h15,20-68,73-79,84-103H,6-14H2,1-5H3,(H,69,80)(H,70,81)(H,71,82)(H,72,83)/t15-,20-,21+,22+,23-,24+,25-,26-,27+,28+,29+,30-,31+,32+,33+,34+,35-,36+,37-,38+,39+,40-,41+,42-,43+,44+,45-,46-,47+,48-,49-,50+,51-,52+,53-,54-,55+,56-,57-,58+,59+,60+,61-,62+,63+,64+,65-,66-,67-,68-/m1/s1. The summed E-state index contributed by atoms with van der Waals surface area (Å²) in [7, 11) is 0. The van der Waals surface area contributed by atoms with E-state index in [2.05, 4.69) is 21.3 Å². The topological polar surface area (TPSA) is 838 Å². The van der Waals surface area contributed by atoms with Gasteiger partial charge in [0.05, 0.1) is 65.6 Å². The van der Waals surface area contributed by atoms with E-state index in [0.29, 0.717) is 0 Å². The number of aliphatic hydroxyl groups is 27. The second kappa shape index (κ2) is 43.6. The highest BCUT2D eigenvalue weighted by Crippen LogP contribution is 2.41. The lowest BCUT2D eigenvalue weighted by atomic mass is 9.93. The van der Waals surface area contributed by atoms with Gasteiger partial charge in [-0.3, -0.25) is 19.2 Å². The smallest absolute Gasteiger partial charge is 0.217 e. The van der Waals surface area contributed by atoms with E-state index in [1.54, 1.807) is 0 Å². The Labute approximate surface area is 691 Å². The molecule has 0 unspecified atom stereocenters. The Morgan fingerprint density at radius 3 is 0.893 bits per heavy atom. The van der Waals surface area contributed by atoms with Gasteiger partial charge >= 0.3 is 0 Å². The molecule has 10 aliphatic heterocycles. The highest BCUT2D eigenvalue weighted by Gasteiger charge is 2.62. The minimum atomic E-state index is -2.63. The van der Waals surface area contributed by atoms with E-state index in [1.807, 2.05) is 0 Å². The number of nitrogens with one attached hydrogen (secondary N) is 4. The number of rotatable bonds is 31. The monoisotopic (exact) mass is 1790 g/mol. The van der Waals surface area contributed by atoms with Crippen LogP contribution in [0.4, 0.5) is 0 Å². The van der Waals surface area contributed by atoms with Crippen molar-refractivity contribution in [2.24, 2.45) is 0 Å². The van der Waals surface area contributed by atoms with E-state index in [-0.39, 0.29) is 0 Å². The van der Waals surface area contributed by atoms with Gasteiger partial charge in [-0.15, -0.1) is 0 Å². The second-order valence-electron chi connectivity index (χ2n) is 31.0. The Balaban J connectivity index is 0.983. The number of hydrogen-bond acceptors (Lipinski definition) is 50. The normalized spacial score (nSPS) is 49.7. The number of amides is 4. The van der Waals surface area contributed by atoms with E-state index < -0.39 is 390 Å². The molecule has 122 heavy (non-hydrogen) atoms. The lowest BCUT2D eigenvalue weighted by molar-refractivity contribution is -0.399. The fourth-order valence-electron chi connectivity index (χ4n) is 15.8. The average Bonchev–Trinajstić information content (AvgIpc) is 0.781. The third kappa shape index (κ3) is 22.0. The number of hydrogen-bond donors (Lipinski definition) is 31. The summed E-state index contributed by atoms with van der Waals surface area (Å²) in [5.41, 5.74) is 0. The summed E-state index contributed by atoms with van der Waals surface area (Å²) < 4.78 is 113. The quantitative estimate of drug-likeness (QED) is 0.0306.